The van der Waals surface area contributed by atoms with E-state index in [0.717, 1.165) is 17.1 Å². The van der Waals surface area contributed by atoms with Crippen molar-refractivity contribution in [2.45, 2.75) is 53.6 Å². The van der Waals surface area contributed by atoms with Gasteiger partial charge in [0.1, 0.15) is 12.4 Å². The Morgan fingerprint density at radius 2 is 1.50 bits per heavy atom. The summed E-state index contributed by atoms with van der Waals surface area (Å²) in [5, 5.41) is 2.57. The number of ether oxygens (including phenoxy) is 1. The first-order valence-corrected chi connectivity index (χ1v) is 13.5. The third kappa shape index (κ3) is 6.31. The van der Waals surface area contributed by atoms with Crippen molar-refractivity contribution in [3.8, 4) is 5.75 Å². The molecular formula is C33H36NOP. The van der Waals surface area contributed by atoms with E-state index < -0.39 is 0 Å². The van der Waals surface area contributed by atoms with E-state index in [9.17, 15) is 0 Å². The van der Waals surface area contributed by atoms with Gasteiger partial charge in [-0.05, 0) is 66.4 Å². The molecule has 0 saturated carbocycles. The molecule has 0 amide bonds. The largest absolute Gasteiger partial charge is 0.488 e. The third-order valence-electron chi connectivity index (χ3n) is 6.24. The Morgan fingerprint density at radius 1 is 0.833 bits per heavy atom. The predicted octanol–water partition coefficient (Wildman–Crippen LogP) is 7.95. The van der Waals surface area contributed by atoms with Crippen LogP contribution in [0.2, 0.25) is 0 Å². The molecule has 4 aromatic carbocycles. The molecule has 0 aliphatic carbocycles. The van der Waals surface area contributed by atoms with Gasteiger partial charge in [0.25, 0.3) is 0 Å². The summed E-state index contributed by atoms with van der Waals surface area (Å²) in [6.45, 7) is 13.8. The second-order valence-corrected chi connectivity index (χ2v) is 11.7. The van der Waals surface area contributed by atoms with Crippen LogP contribution in [0.25, 0.3) is 0 Å². The number of nitrogens with zero attached hydrogens (tertiary/aromatic N) is 1. The third-order valence-corrected chi connectivity index (χ3v) is 7.80. The van der Waals surface area contributed by atoms with Gasteiger partial charge in [-0.25, -0.2) is 0 Å². The second kappa shape index (κ2) is 11.2. The molecule has 4 rings (SSSR count). The lowest BCUT2D eigenvalue weighted by Gasteiger charge is -2.26. The number of para-hydroxylation sites is 1. The van der Waals surface area contributed by atoms with Crippen LogP contribution < -0.4 is 15.3 Å². The molecule has 3 heteroatoms. The number of rotatable bonds is 7. The van der Waals surface area contributed by atoms with Crippen LogP contribution in [0.1, 0.15) is 55.5 Å². The summed E-state index contributed by atoms with van der Waals surface area (Å²) < 4.78 is 6.62. The summed E-state index contributed by atoms with van der Waals surface area (Å²) in [5.74, 6) is 1.02. The standard InChI is InChI=1S/C33H36NOP/c1-23-20-29(33(4,5)6)31(35-22-26-15-9-7-10-16-26)30(21-23)36-32-24(2)14-13-19-28(32)25(3)34-27-17-11-8-12-18-27/h7-21,36H,22H2,1-6H3. The fraction of sp³-hybridized carbons (Fsp3) is 0.242. The van der Waals surface area contributed by atoms with Crippen molar-refractivity contribution in [2.75, 3.05) is 0 Å². The molecule has 0 saturated heterocycles. The van der Waals surface area contributed by atoms with E-state index in [1.165, 1.54) is 38.4 Å². The van der Waals surface area contributed by atoms with Crippen molar-refractivity contribution in [3.05, 3.63) is 119 Å². The van der Waals surface area contributed by atoms with E-state index in [-0.39, 0.29) is 5.41 Å². The lowest BCUT2D eigenvalue weighted by Crippen LogP contribution is -2.21. The van der Waals surface area contributed by atoms with Gasteiger partial charge in [-0.2, -0.15) is 0 Å². The van der Waals surface area contributed by atoms with Crippen molar-refractivity contribution in [3.63, 3.8) is 0 Å². The molecular weight excluding hydrogens is 457 g/mol. The smallest absolute Gasteiger partial charge is 0.131 e. The average Bonchev–Trinajstić information content (AvgIpc) is 2.85. The van der Waals surface area contributed by atoms with Crippen LogP contribution >= 0.6 is 8.58 Å². The number of benzene rings is 4. The van der Waals surface area contributed by atoms with E-state index in [1.54, 1.807) is 0 Å². The Kier molecular flexibility index (Phi) is 8.07. The van der Waals surface area contributed by atoms with E-state index in [4.69, 9.17) is 9.73 Å². The molecule has 0 radical (unpaired) electrons. The summed E-state index contributed by atoms with van der Waals surface area (Å²) in [5.41, 5.74) is 8.15. The van der Waals surface area contributed by atoms with Crippen LogP contribution in [0, 0.1) is 13.8 Å². The number of aliphatic imine (C=N–C) groups is 1. The summed E-state index contributed by atoms with van der Waals surface area (Å²) in [6, 6.07) is 31.7. The second-order valence-electron chi connectivity index (χ2n) is 10.4. The highest BCUT2D eigenvalue weighted by molar-refractivity contribution is 7.56. The zero-order valence-corrected chi connectivity index (χ0v) is 23.2. The molecule has 0 bridgehead atoms. The van der Waals surface area contributed by atoms with E-state index in [0.29, 0.717) is 15.2 Å². The van der Waals surface area contributed by atoms with Crippen LogP contribution in [-0.2, 0) is 12.0 Å². The van der Waals surface area contributed by atoms with Gasteiger partial charge in [-0.3, -0.25) is 4.99 Å². The number of hydrogen-bond donors (Lipinski definition) is 0. The van der Waals surface area contributed by atoms with Gasteiger partial charge in [0.2, 0.25) is 0 Å². The maximum atomic E-state index is 6.62. The Hall–Kier alpha value is -3.22. The predicted molar refractivity (Wildman–Crippen MR) is 158 cm³/mol. The van der Waals surface area contributed by atoms with Gasteiger partial charge < -0.3 is 4.74 Å². The fourth-order valence-corrected chi connectivity index (χ4v) is 5.90. The SMILES string of the molecule is CC(=Nc1ccccc1)c1cccc(C)c1Pc1cc(C)cc(C(C)(C)C)c1OCc1ccccc1. The first-order valence-electron chi connectivity index (χ1n) is 12.5. The summed E-state index contributed by atoms with van der Waals surface area (Å²) in [6.07, 6.45) is 0. The molecule has 1 atom stereocenters. The lowest BCUT2D eigenvalue weighted by molar-refractivity contribution is 0.300. The van der Waals surface area contributed by atoms with Gasteiger partial charge in [-0.1, -0.05) is 102 Å². The maximum absolute atomic E-state index is 6.62. The quantitative estimate of drug-likeness (QED) is 0.189. The Morgan fingerprint density at radius 3 is 2.17 bits per heavy atom. The minimum Gasteiger partial charge on any atom is -0.488 e. The molecule has 0 N–H and O–H groups in total. The maximum Gasteiger partial charge on any atom is 0.131 e. The minimum absolute atomic E-state index is 0.0312. The number of aryl methyl sites for hydroxylation is 2. The zero-order chi connectivity index (χ0) is 25.7. The van der Waals surface area contributed by atoms with Crippen LogP contribution in [0.5, 0.6) is 5.75 Å². The normalized spacial score (nSPS) is 12.3. The molecule has 1 unspecified atom stereocenters. The van der Waals surface area contributed by atoms with Crippen molar-refractivity contribution in [1.29, 1.82) is 0 Å². The Balaban J connectivity index is 1.78. The molecule has 0 aliphatic heterocycles. The molecule has 0 aromatic heterocycles. The average molecular weight is 494 g/mol. The summed E-state index contributed by atoms with van der Waals surface area (Å²) in [4.78, 5) is 4.94. The highest BCUT2D eigenvalue weighted by Gasteiger charge is 2.23. The minimum atomic E-state index is -0.0312. The number of hydrogen-bond acceptors (Lipinski definition) is 2. The van der Waals surface area contributed by atoms with E-state index in [1.807, 2.05) is 36.4 Å². The molecule has 0 aliphatic rings. The summed E-state index contributed by atoms with van der Waals surface area (Å²) >= 11 is 0. The van der Waals surface area contributed by atoms with Crippen molar-refractivity contribution >= 4 is 30.6 Å². The molecule has 184 valence electrons. The topological polar surface area (TPSA) is 21.6 Å². The van der Waals surface area contributed by atoms with Crippen molar-refractivity contribution in [1.82, 2.24) is 0 Å². The van der Waals surface area contributed by atoms with Crippen LogP contribution in [-0.4, -0.2) is 5.71 Å². The lowest BCUT2D eigenvalue weighted by atomic mass is 9.85. The zero-order valence-electron chi connectivity index (χ0n) is 22.2. The Bertz CT molecular complexity index is 1350. The molecule has 4 aromatic rings. The van der Waals surface area contributed by atoms with Gasteiger partial charge in [0.05, 0.1) is 5.69 Å². The molecule has 0 fully saturated rings. The molecule has 2 nitrogen and oxygen atoms in total. The highest BCUT2D eigenvalue weighted by atomic mass is 31.1. The fourth-order valence-electron chi connectivity index (χ4n) is 4.33. The van der Waals surface area contributed by atoms with Crippen molar-refractivity contribution in [2.24, 2.45) is 4.99 Å². The van der Waals surface area contributed by atoms with Crippen LogP contribution in [0.3, 0.4) is 0 Å². The monoisotopic (exact) mass is 493 g/mol. The first-order chi connectivity index (χ1) is 17.2. The Labute approximate surface area is 218 Å². The van der Waals surface area contributed by atoms with Gasteiger partial charge in [0.15, 0.2) is 0 Å². The van der Waals surface area contributed by atoms with Crippen LogP contribution in [0.4, 0.5) is 5.69 Å². The molecule has 0 heterocycles. The van der Waals surface area contributed by atoms with E-state index >= 15 is 0 Å². The molecule has 36 heavy (non-hydrogen) atoms. The van der Waals surface area contributed by atoms with Gasteiger partial charge in [-0.15, -0.1) is 0 Å². The summed E-state index contributed by atoms with van der Waals surface area (Å²) in [7, 11) is 0.460. The van der Waals surface area contributed by atoms with Gasteiger partial charge >= 0.3 is 0 Å². The van der Waals surface area contributed by atoms with Crippen LogP contribution in [0.15, 0.2) is 96.0 Å². The van der Waals surface area contributed by atoms with Gasteiger partial charge in [0, 0.05) is 22.1 Å². The van der Waals surface area contributed by atoms with Crippen molar-refractivity contribution < 1.29 is 4.74 Å². The highest BCUT2D eigenvalue weighted by Crippen LogP contribution is 2.35. The molecule has 0 spiro atoms. The van der Waals surface area contributed by atoms with E-state index in [2.05, 4.69) is 96.1 Å². The first kappa shape index (κ1) is 25.9.